The second kappa shape index (κ2) is 8.05. The van der Waals surface area contributed by atoms with E-state index in [1.165, 1.54) is 32.1 Å². The van der Waals surface area contributed by atoms with Crippen molar-refractivity contribution in [3.05, 3.63) is 42.2 Å². The number of carbonyl (C=O) groups excluding carboxylic acids is 1. The molecule has 1 fully saturated rings. The van der Waals surface area contributed by atoms with Gasteiger partial charge in [0.15, 0.2) is 11.4 Å². The van der Waals surface area contributed by atoms with Crippen LogP contribution in [0.15, 0.2) is 36.5 Å². The lowest BCUT2D eigenvalue weighted by molar-refractivity contribution is 0.111. The first-order chi connectivity index (χ1) is 13.3. The van der Waals surface area contributed by atoms with E-state index in [1.807, 2.05) is 18.2 Å². The molecule has 1 aliphatic carbocycles. The third-order valence-electron chi connectivity index (χ3n) is 5.06. The lowest BCUT2D eigenvalue weighted by Crippen LogP contribution is -2.36. The van der Waals surface area contributed by atoms with Crippen LogP contribution in [0.2, 0.25) is 0 Å². The zero-order valence-corrected chi connectivity index (χ0v) is 16.2. The van der Waals surface area contributed by atoms with Gasteiger partial charge in [0.25, 0.3) is 0 Å². The molecule has 0 amide bonds. The average molecular weight is 382 g/mol. The summed E-state index contributed by atoms with van der Waals surface area (Å²) in [6.07, 6.45) is 8.81. The van der Waals surface area contributed by atoms with E-state index in [0.29, 0.717) is 17.5 Å². The Kier molecular flexibility index (Phi) is 5.34. The van der Waals surface area contributed by atoms with Crippen LogP contribution in [0, 0.1) is 0 Å². The second-order valence-electron chi connectivity index (χ2n) is 6.84. The number of aldehydes is 1. The number of nitrogens with zero attached hydrogens (tertiary/aromatic N) is 3. The van der Waals surface area contributed by atoms with Crippen molar-refractivity contribution in [3.8, 4) is 11.5 Å². The van der Waals surface area contributed by atoms with Gasteiger partial charge in [0.1, 0.15) is 17.2 Å². The lowest BCUT2D eigenvalue weighted by Gasteiger charge is -2.33. The van der Waals surface area contributed by atoms with Crippen LogP contribution in [-0.4, -0.2) is 28.8 Å². The normalized spacial score (nSPS) is 15.0. The molecule has 4 rings (SSSR count). The Balaban J connectivity index is 1.58. The van der Waals surface area contributed by atoms with E-state index in [0.717, 1.165) is 33.9 Å². The van der Waals surface area contributed by atoms with Crippen molar-refractivity contribution in [1.29, 1.82) is 0 Å². The predicted octanol–water partition coefficient (Wildman–Crippen LogP) is 5.46. The first kappa shape index (κ1) is 17.9. The second-order valence-corrected chi connectivity index (χ2v) is 7.85. The van der Waals surface area contributed by atoms with Gasteiger partial charge >= 0.3 is 0 Å². The summed E-state index contributed by atoms with van der Waals surface area (Å²) in [4.78, 5) is 22.2. The molecule has 1 aliphatic rings. The molecule has 6 heteroatoms. The van der Waals surface area contributed by atoms with Crippen LogP contribution in [0.3, 0.4) is 0 Å². The van der Waals surface area contributed by atoms with Gasteiger partial charge in [-0.25, -0.2) is 4.98 Å². The van der Waals surface area contributed by atoms with Crippen LogP contribution in [0.1, 0.15) is 49.5 Å². The number of benzene rings is 1. The standard InChI is InChI=1S/C21H23N3O2S/c1-2-24(16-6-4-3-5-7-16)21-23-19-9-8-17(13-20(19)27-21)26-18-10-11-22-15(12-18)14-25/h8-14,16H,2-7H2,1H3. The van der Waals surface area contributed by atoms with Gasteiger partial charge in [0.2, 0.25) is 0 Å². The molecule has 2 heterocycles. The zero-order valence-electron chi connectivity index (χ0n) is 15.4. The van der Waals surface area contributed by atoms with Gasteiger partial charge in [-0.2, -0.15) is 0 Å². The summed E-state index contributed by atoms with van der Waals surface area (Å²) < 4.78 is 7.02. The molecular formula is C21H23N3O2S. The zero-order chi connectivity index (χ0) is 18.6. The summed E-state index contributed by atoms with van der Waals surface area (Å²) in [5.74, 6) is 1.34. The van der Waals surface area contributed by atoms with Crippen molar-refractivity contribution in [3.63, 3.8) is 0 Å². The van der Waals surface area contributed by atoms with E-state index in [-0.39, 0.29) is 0 Å². The van der Waals surface area contributed by atoms with Gasteiger partial charge < -0.3 is 9.64 Å². The van der Waals surface area contributed by atoms with Crippen LogP contribution in [-0.2, 0) is 0 Å². The number of hydrogen-bond donors (Lipinski definition) is 0. The largest absolute Gasteiger partial charge is 0.457 e. The predicted molar refractivity (Wildman–Crippen MR) is 109 cm³/mol. The number of carbonyl (C=O) groups is 1. The quantitative estimate of drug-likeness (QED) is 0.531. The van der Waals surface area contributed by atoms with Crippen molar-refractivity contribution in [1.82, 2.24) is 9.97 Å². The average Bonchev–Trinajstić information content (AvgIpc) is 3.12. The maximum atomic E-state index is 10.9. The van der Waals surface area contributed by atoms with Crippen molar-refractivity contribution >= 4 is 33.0 Å². The highest BCUT2D eigenvalue weighted by Crippen LogP contribution is 2.35. The summed E-state index contributed by atoms with van der Waals surface area (Å²) in [7, 11) is 0. The summed E-state index contributed by atoms with van der Waals surface area (Å²) in [6, 6.07) is 9.93. The minimum absolute atomic E-state index is 0.361. The van der Waals surface area contributed by atoms with Gasteiger partial charge in [0, 0.05) is 30.9 Å². The third kappa shape index (κ3) is 3.95. The maximum Gasteiger partial charge on any atom is 0.186 e. The molecule has 0 saturated heterocycles. The number of fused-ring (bicyclic) bond motifs is 1. The Hall–Kier alpha value is -2.47. The first-order valence-corrected chi connectivity index (χ1v) is 10.3. The van der Waals surface area contributed by atoms with Gasteiger partial charge in [-0.15, -0.1) is 0 Å². The van der Waals surface area contributed by atoms with Crippen LogP contribution < -0.4 is 9.64 Å². The monoisotopic (exact) mass is 381 g/mol. The SMILES string of the molecule is CCN(c1nc2ccc(Oc3ccnc(C=O)c3)cc2s1)C1CCCCC1. The van der Waals surface area contributed by atoms with Crippen LogP contribution >= 0.6 is 11.3 Å². The Bertz CT molecular complexity index is 934. The van der Waals surface area contributed by atoms with Crippen LogP contribution in [0.25, 0.3) is 10.2 Å². The number of ether oxygens (including phenoxy) is 1. The number of pyridine rings is 1. The third-order valence-corrected chi connectivity index (χ3v) is 6.11. The molecule has 0 bridgehead atoms. The number of anilines is 1. The molecule has 0 aliphatic heterocycles. The fraction of sp³-hybridized carbons (Fsp3) is 0.381. The molecule has 3 aromatic rings. The summed E-state index contributed by atoms with van der Waals surface area (Å²) in [5.41, 5.74) is 1.36. The minimum atomic E-state index is 0.361. The summed E-state index contributed by atoms with van der Waals surface area (Å²) >= 11 is 1.72. The molecule has 1 saturated carbocycles. The Morgan fingerprint density at radius 1 is 1.19 bits per heavy atom. The van der Waals surface area contributed by atoms with E-state index in [9.17, 15) is 4.79 Å². The molecule has 1 aromatic carbocycles. The van der Waals surface area contributed by atoms with Crippen LogP contribution in [0.4, 0.5) is 5.13 Å². The maximum absolute atomic E-state index is 10.9. The number of rotatable bonds is 6. The highest BCUT2D eigenvalue weighted by Gasteiger charge is 2.22. The number of aromatic nitrogens is 2. The lowest BCUT2D eigenvalue weighted by atomic mass is 9.94. The van der Waals surface area contributed by atoms with Crippen LogP contribution in [0.5, 0.6) is 11.5 Å². The molecule has 27 heavy (non-hydrogen) atoms. The Labute approximate surface area is 163 Å². The molecule has 0 unspecified atom stereocenters. The number of thiazole rings is 1. The van der Waals surface area contributed by atoms with E-state index in [2.05, 4.69) is 16.8 Å². The van der Waals surface area contributed by atoms with Gasteiger partial charge in [-0.3, -0.25) is 9.78 Å². The van der Waals surface area contributed by atoms with Gasteiger partial charge in [0.05, 0.1) is 10.2 Å². The molecule has 0 N–H and O–H groups in total. The fourth-order valence-corrected chi connectivity index (χ4v) is 4.84. The molecular weight excluding hydrogens is 358 g/mol. The molecule has 0 radical (unpaired) electrons. The highest BCUT2D eigenvalue weighted by atomic mass is 32.1. The summed E-state index contributed by atoms with van der Waals surface area (Å²) in [6.45, 7) is 3.20. The first-order valence-electron chi connectivity index (χ1n) is 9.53. The molecule has 2 aromatic heterocycles. The van der Waals surface area contributed by atoms with E-state index >= 15 is 0 Å². The fourth-order valence-electron chi connectivity index (χ4n) is 3.71. The van der Waals surface area contributed by atoms with E-state index in [4.69, 9.17) is 9.72 Å². The van der Waals surface area contributed by atoms with Crippen molar-refractivity contribution < 1.29 is 9.53 Å². The Morgan fingerprint density at radius 2 is 2.00 bits per heavy atom. The minimum Gasteiger partial charge on any atom is -0.457 e. The molecule has 0 atom stereocenters. The van der Waals surface area contributed by atoms with E-state index < -0.39 is 0 Å². The molecule has 140 valence electrons. The highest BCUT2D eigenvalue weighted by molar-refractivity contribution is 7.22. The molecule has 0 spiro atoms. The topological polar surface area (TPSA) is 55.3 Å². The van der Waals surface area contributed by atoms with Crippen molar-refractivity contribution in [2.75, 3.05) is 11.4 Å². The van der Waals surface area contributed by atoms with Gasteiger partial charge in [-0.1, -0.05) is 30.6 Å². The molecule has 5 nitrogen and oxygen atoms in total. The number of hydrogen-bond acceptors (Lipinski definition) is 6. The Morgan fingerprint density at radius 3 is 2.78 bits per heavy atom. The smallest absolute Gasteiger partial charge is 0.186 e. The summed E-state index contributed by atoms with van der Waals surface area (Å²) in [5, 5.41) is 1.10. The van der Waals surface area contributed by atoms with E-state index in [1.54, 1.807) is 29.7 Å². The van der Waals surface area contributed by atoms with Crippen molar-refractivity contribution in [2.45, 2.75) is 45.1 Å². The van der Waals surface area contributed by atoms with Crippen molar-refractivity contribution in [2.24, 2.45) is 0 Å². The van der Waals surface area contributed by atoms with Gasteiger partial charge in [-0.05, 0) is 38.0 Å².